The van der Waals surface area contributed by atoms with Crippen molar-refractivity contribution >= 4 is 7.60 Å². The lowest BCUT2D eigenvalue weighted by Crippen LogP contribution is -2.30. The summed E-state index contributed by atoms with van der Waals surface area (Å²) in [6.07, 6.45) is 4.61. The van der Waals surface area contributed by atoms with Crippen LogP contribution in [0.15, 0.2) is 30.3 Å². The van der Waals surface area contributed by atoms with Gasteiger partial charge in [-0.1, -0.05) is 49.6 Å². The molecule has 4 heteroatoms. The predicted octanol–water partition coefficient (Wildman–Crippen LogP) is 4.07. The largest absolute Gasteiger partial charge is 0.338 e. The average molecular weight is 268 g/mol. The van der Waals surface area contributed by atoms with Gasteiger partial charge in [-0.25, -0.2) is 0 Å². The Labute approximate surface area is 109 Å². The van der Waals surface area contributed by atoms with Gasteiger partial charge in [-0.3, -0.25) is 4.57 Å². The molecule has 100 valence electrons. The second kappa shape index (κ2) is 5.56. The lowest BCUT2D eigenvalue weighted by atomic mass is 9.83. The zero-order valence-corrected chi connectivity index (χ0v) is 11.7. The van der Waals surface area contributed by atoms with E-state index in [1.54, 1.807) is 6.92 Å². The molecule has 1 aliphatic carbocycles. The fraction of sp³-hybridized carbons (Fsp3) is 0.571. The summed E-state index contributed by atoms with van der Waals surface area (Å²) in [7, 11) is -3.62. The normalized spacial score (nSPS) is 22.3. The van der Waals surface area contributed by atoms with E-state index in [-0.39, 0.29) is 6.61 Å². The number of rotatable bonds is 4. The van der Waals surface area contributed by atoms with Crippen LogP contribution in [-0.2, 0) is 14.2 Å². The Kier molecular flexibility index (Phi) is 4.26. The minimum absolute atomic E-state index is 0.280. The Hall–Kier alpha value is -0.630. The Morgan fingerprint density at radius 3 is 2.39 bits per heavy atom. The summed E-state index contributed by atoms with van der Waals surface area (Å²) >= 11 is 0. The van der Waals surface area contributed by atoms with Crippen molar-refractivity contribution in [2.45, 2.75) is 44.2 Å². The molecule has 0 spiro atoms. The first-order valence-electron chi connectivity index (χ1n) is 6.65. The summed E-state index contributed by atoms with van der Waals surface area (Å²) in [5, 5.41) is -0.692. The fourth-order valence-electron chi connectivity index (χ4n) is 2.92. The fourth-order valence-corrected chi connectivity index (χ4v) is 4.87. The molecule has 1 aromatic carbocycles. The molecule has 0 aliphatic heterocycles. The molecule has 1 N–H and O–H groups in total. The second-order valence-electron chi connectivity index (χ2n) is 4.90. The van der Waals surface area contributed by atoms with Gasteiger partial charge in [0, 0.05) is 0 Å². The molecule has 18 heavy (non-hydrogen) atoms. The molecule has 0 aromatic heterocycles. The van der Waals surface area contributed by atoms with E-state index in [0.717, 1.165) is 37.7 Å². The molecule has 1 fully saturated rings. The average Bonchev–Trinajstić information content (AvgIpc) is 2.40. The zero-order valence-electron chi connectivity index (χ0n) is 10.8. The van der Waals surface area contributed by atoms with Gasteiger partial charge in [-0.05, 0) is 25.3 Å². The topological polar surface area (TPSA) is 46.5 Å². The maximum atomic E-state index is 12.6. The van der Waals surface area contributed by atoms with Crippen LogP contribution >= 0.6 is 7.60 Å². The zero-order chi connectivity index (χ0) is 13.1. The highest BCUT2D eigenvalue weighted by atomic mass is 31.2. The standard InChI is InChI=1S/C14H21O3P/c1-2-17-18(15,16)14(11-7-4-8-12-14)13-9-5-3-6-10-13/h3,5-6,9-10H,2,4,7-8,11-12H2,1H3,(H,15,16). The van der Waals surface area contributed by atoms with Crippen LogP contribution in [0.25, 0.3) is 0 Å². The third-order valence-corrected chi connectivity index (χ3v) is 6.23. The van der Waals surface area contributed by atoms with Crippen molar-refractivity contribution in [1.82, 2.24) is 0 Å². The molecule has 0 amide bonds. The van der Waals surface area contributed by atoms with E-state index >= 15 is 0 Å². The summed E-state index contributed by atoms with van der Waals surface area (Å²) in [5.41, 5.74) is 0.948. The van der Waals surface area contributed by atoms with Crippen LogP contribution in [0.2, 0.25) is 0 Å². The van der Waals surface area contributed by atoms with Crippen LogP contribution < -0.4 is 0 Å². The Bertz CT molecular complexity index is 424. The number of benzene rings is 1. The van der Waals surface area contributed by atoms with Crippen LogP contribution in [0.4, 0.5) is 0 Å². The highest BCUT2D eigenvalue weighted by molar-refractivity contribution is 7.54. The maximum Gasteiger partial charge on any atom is 0.338 e. The van der Waals surface area contributed by atoms with E-state index in [4.69, 9.17) is 4.52 Å². The van der Waals surface area contributed by atoms with Gasteiger partial charge in [-0.2, -0.15) is 0 Å². The first-order chi connectivity index (χ1) is 8.62. The van der Waals surface area contributed by atoms with Crippen molar-refractivity contribution in [3.63, 3.8) is 0 Å². The molecular weight excluding hydrogens is 247 g/mol. The van der Waals surface area contributed by atoms with Gasteiger partial charge in [0.25, 0.3) is 0 Å². The van der Waals surface area contributed by atoms with Gasteiger partial charge in [0.1, 0.15) is 0 Å². The maximum absolute atomic E-state index is 12.6. The van der Waals surface area contributed by atoms with Crippen molar-refractivity contribution in [1.29, 1.82) is 0 Å². The predicted molar refractivity (Wildman–Crippen MR) is 72.7 cm³/mol. The summed E-state index contributed by atoms with van der Waals surface area (Å²) in [5.74, 6) is 0. The molecule has 0 bridgehead atoms. The first-order valence-corrected chi connectivity index (χ1v) is 8.23. The number of hydrogen-bond acceptors (Lipinski definition) is 2. The van der Waals surface area contributed by atoms with Crippen molar-refractivity contribution in [2.24, 2.45) is 0 Å². The summed E-state index contributed by atoms with van der Waals surface area (Å²) in [6, 6.07) is 9.69. The minimum Gasteiger partial charge on any atom is -0.324 e. The molecule has 0 heterocycles. The van der Waals surface area contributed by atoms with Gasteiger partial charge < -0.3 is 9.42 Å². The van der Waals surface area contributed by atoms with Crippen molar-refractivity contribution < 1.29 is 14.0 Å². The third kappa shape index (κ3) is 2.40. The first kappa shape index (κ1) is 13.8. The van der Waals surface area contributed by atoms with E-state index in [0.29, 0.717) is 0 Å². The Morgan fingerprint density at radius 1 is 1.22 bits per heavy atom. The lowest BCUT2D eigenvalue weighted by Gasteiger charge is -2.39. The van der Waals surface area contributed by atoms with Gasteiger partial charge in [-0.15, -0.1) is 0 Å². The van der Waals surface area contributed by atoms with Crippen LogP contribution in [0, 0.1) is 0 Å². The van der Waals surface area contributed by atoms with E-state index in [1.807, 2.05) is 30.3 Å². The molecular formula is C14H21O3P. The highest BCUT2D eigenvalue weighted by Crippen LogP contribution is 2.66. The van der Waals surface area contributed by atoms with Gasteiger partial charge in [0.2, 0.25) is 0 Å². The molecule has 1 unspecified atom stereocenters. The van der Waals surface area contributed by atoms with Crippen LogP contribution in [-0.4, -0.2) is 11.5 Å². The SMILES string of the molecule is CCOP(=O)(O)C1(c2ccccc2)CCCCC1. The van der Waals surface area contributed by atoms with Crippen LogP contribution in [0.5, 0.6) is 0 Å². The monoisotopic (exact) mass is 268 g/mol. The van der Waals surface area contributed by atoms with Crippen molar-refractivity contribution in [2.75, 3.05) is 6.61 Å². The smallest absolute Gasteiger partial charge is 0.324 e. The van der Waals surface area contributed by atoms with Gasteiger partial charge >= 0.3 is 7.60 Å². The van der Waals surface area contributed by atoms with E-state index in [9.17, 15) is 9.46 Å². The molecule has 1 saturated carbocycles. The quantitative estimate of drug-likeness (QED) is 0.837. The minimum atomic E-state index is -3.62. The number of hydrogen-bond donors (Lipinski definition) is 1. The Morgan fingerprint density at radius 2 is 1.83 bits per heavy atom. The third-order valence-electron chi connectivity index (χ3n) is 3.84. The second-order valence-corrected chi connectivity index (χ2v) is 7.05. The van der Waals surface area contributed by atoms with Gasteiger partial charge in [0.05, 0.1) is 11.8 Å². The lowest BCUT2D eigenvalue weighted by molar-refractivity contribution is 0.223. The molecule has 1 atom stereocenters. The molecule has 1 aliphatic rings. The molecule has 2 rings (SSSR count). The highest BCUT2D eigenvalue weighted by Gasteiger charge is 2.50. The molecule has 1 aromatic rings. The van der Waals surface area contributed by atoms with Gasteiger partial charge in [0.15, 0.2) is 0 Å². The molecule has 3 nitrogen and oxygen atoms in total. The van der Waals surface area contributed by atoms with Crippen molar-refractivity contribution in [3.05, 3.63) is 35.9 Å². The van der Waals surface area contributed by atoms with Crippen molar-refractivity contribution in [3.8, 4) is 0 Å². The summed E-state index contributed by atoms with van der Waals surface area (Å²) in [4.78, 5) is 10.4. The van der Waals surface area contributed by atoms with E-state index in [1.165, 1.54) is 0 Å². The summed E-state index contributed by atoms with van der Waals surface area (Å²) < 4.78 is 17.9. The Balaban J connectivity index is 2.44. The van der Waals surface area contributed by atoms with Crippen LogP contribution in [0.3, 0.4) is 0 Å². The van der Waals surface area contributed by atoms with E-state index < -0.39 is 12.8 Å². The molecule has 0 radical (unpaired) electrons. The van der Waals surface area contributed by atoms with E-state index in [2.05, 4.69) is 0 Å². The summed E-state index contributed by atoms with van der Waals surface area (Å²) in [6.45, 7) is 2.05. The van der Waals surface area contributed by atoms with Crippen LogP contribution in [0.1, 0.15) is 44.6 Å². The molecule has 0 saturated heterocycles.